The van der Waals surface area contributed by atoms with Gasteiger partial charge in [0.25, 0.3) is 5.89 Å². The average Bonchev–Trinajstić information content (AvgIpc) is 3.34. The van der Waals surface area contributed by atoms with Crippen LogP contribution in [0.25, 0.3) is 22.8 Å². The van der Waals surface area contributed by atoms with Gasteiger partial charge in [0.1, 0.15) is 12.4 Å². The van der Waals surface area contributed by atoms with Gasteiger partial charge >= 0.3 is 0 Å². The van der Waals surface area contributed by atoms with Gasteiger partial charge < -0.3 is 14.4 Å². The number of rotatable bonds is 6. The summed E-state index contributed by atoms with van der Waals surface area (Å²) in [5, 5.41) is 6.94. The topological polar surface area (TPSA) is 73.0 Å². The molecule has 0 aliphatic rings. The van der Waals surface area contributed by atoms with E-state index in [1.165, 1.54) is 12.1 Å². The van der Waals surface area contributed by atoms with E-state index in [9.17, 15) is 9.18 Å². The van der Waals surface area contributed by atoms with E-state index in [0.29, 0.717) is 23.8 Å². The number of aryl methyl sites for hydroxylation is 1. The first kappa shape index (κ1) is 19.6. The molecular weight excluding hydrogens is 383 g/mol. The number of amides is 1. The van der Waals surface area contributed by atoms with Gasteiger partial charge in [0.05, 0.1) is 5.56 Å². The number of carbonyl (C=O) groups excluding carboxylic acids is 1. The van der Waals surface area contributed by atoms with Gasteiger partial charge in [-0.3, -0.25) is 4.79 Å². The highest BCUT2D eigenvalue weighted by Crippen LogP contribution is 2.27. The average molecular weight is 404 g/mol. The third kappa shape index (κ3) is 4.15. The molecule has 0 saturated heterocycles. The Morgan fingerprint density at radius 1 is 1.10 bits per heavy atom. The Balaban J connectivity index is 1.49. The minimum atomic E-state index is -0.323. The fourth-order valence-corrected chi connectivity index (χ4v) is 3.31. The van der Waals surface area contributed by atoms with Crippen molar-refractivity contribution in [2.24, 2.45) is 0 Å². The van der Waals surface area contributed by atoms with Crippen molar-refractivity contribution in [1.29, 1.82) is 0 Å². The molecule has 0 saturated carbocycles. The van der Waals surface area contributed by atoms with Gasteiger partial charge in [0.15, 0.2) is 0 Å². The molecule has 152 valence electrons. The summed E-state index contributed by atoms with van der Waals surface area (Å²) in [5.74, 6) is 0.343. The molecule has 0 radical (unpaired) electrons. The van der Waals surface area contributed by atoms with Crippen LogP contribution in [0.4, 0.5) is 4.39 Å². The molecule has 4 rings (SSSR count). The minimum absolute atomic E-state index is 0.0790. The molecule has 2 aromatic carbocycles. The van der Waals surface area contributed by atoms with Gasteiger partial charge in [0.2, 0.25) is 11.7 Å². The molecule has 30 heavy (non-hydrogen) atoms. The summed E-state index contributed by atoms with van der Waals surface area (Å²) in [6, 6.07) is 17.6. The van der Waals surface area contributed by atoms with Gasteiger partial charge in [-0.15, -0.1) is 0 Å². The third-order valence-corrected chi connectivity index (χ3v) is 4.97. The van der Waals surface area contributed by atoms with E-state index in [-0.39, 0.29) is 18.3 Å². The second-order valence-electron chi connectivity index (χ2n) is 7.06. The lowest BCUT2D eigenvalue weighted by Crippen LogP contribution is -2.27. The van der Waals surface area contributed by atoms with Gasteiger partial charge in [-0.1, -0.05) is 35.5 Å². The Bertz CT molecular complexity index is 1160. The quantitative estimate of drug-likeness (QED) is 0.521. The molecule has 0 aliphatic heterocycles. The summed E-state index contributed by atoms with van der Waals surface area (Å²) in [6.45, 7) is 4.52. The molecule has 2 heterocycles. The summed E-state index contributed by atoms with van der Waals surface area (Å²) in [7, 11) is 0. The molecule has 0 bridgehead atoms. The fourth-order valence-electron chi connectivity index (χ4n) is 3.31. The maximum Gasteiger partial charge on any atom is 0.260 e. The van der Waals surface area contributed by atoms with Gasteiger partial charge in [0, 0.05) is 23.5 Å². The lowest BCUT2D eigenvalue weighted by molar-refractivity contribution is -0.121. The lowest BCUT2D eigenvalue weighted by atomic mass is 10.2. The van der Waals surface area contributed by atoms with Crippen LogP contribution in [0.15, 0.2) is 65.2 Å². The maximum atomic E-state index is 13.1. The van der Waals surface area contributed by atoms with Crippen molar-refractivity contribution >= 4 is 5.91 Å². The lowest BCUT2D eigenvalue weighted by Gasteiger charge is -2.10. The second kappa shape index (κ2) is 8.32. The fraction of sp³-hybridized carbons (Fsp3) is 0.174. The standard InChI is InChI=1S/C23H21FN4O2/c1-15-12-20(23-26-22(27-30-23)18-8-10-19(24)11-9-18)16(2)28(15)14-21(29)25-13-17-6-4-3-5-7-17/h3-12H,13-14H2,1-2H3,(H,25,29). The van der Waals surface area contributed by atoms with Crippen LogP contribution in [0, 0.1) is 19.7 Å². The third-order valence-electron chi connectivity index (χ3n) is 4.97. The summed E-state index contributed by atoms with van der Waals surface area (Å²) >= 11 is 0. The van der Waals surface area contributed by atoms with E-state index < -0.39 is 0 Å². The summed E-state index contributed by atoms with van der Waals surface area (Å²) in [4.78, 5) is 16.9. The van der Waals surface area contributed by atoms with Crippen molar-refractivity contribution in [2.45, 2.75) is 26.9 Å². The van der Waals surface area contributed by atoms with Crippen LogP contribution in [0.2, 0.25) is 0 Å². The molecular formula is C23H21FN4O2. The van der Waals surface area contributed by atoms with Crippen LogP contribution in [0.3, 0.4) is 0 Å². The molecule has 0 spiro atoms. The number of nitrogens with one attached hydrogen (secondary N) is 1. The van der Waals surface area contributed by atoms with E-state index in [2.05, 4.69) is 15.5 Å². The van der Waals surface area contributed by atoms with E-state index in [1.807, 2.05) is 54.8 Å². The second-order valence-corrected chi connectivity index (χ2v) is 7.06. The normalized spacial score (nSPS) is 10.9. The number of carbonyl (C=O) groups is 1. The van der Waals surface area contributed by atoms with E-state index in [4.69, 9.17) is 4.52 Å². The predicted octanol–water partition coefficient (Wildman–Crippen LogP) is 4.28. The van der Waals surface area contributed by atoms with Gasteiger partial charge in [-0.25, -0.2) is 4.39 Å². The first-order valence-corrected chi connectivity index (χ1v) is 9.58. The van der Waals surface area contributed by atoms with Crippen molar-refractivity contribution in [3.8, 4) is 22.8 Å². The molecule has 1 amide bonds. The summed E-state index contributed by atoms with van der Waals surface area (Å²) in [5.41, 5.74) is 4.26. The molecule has 6 nitrogen and oxygen atoms in total. The van der Waals surface area contributed by atoms with Crippen LogP contribution in [0.1, 0.15) is 17.0 Å². The van der Waals surface area contributed by atoms with E-state index >= 15 is 0 Å². The maximum absolute atomic E-state index is 13.1. The summed E-state index contributed by atoms with van der Waals surface area (Å²) in [6.07, 6.45) is 0. The number of hydrogen-bond acceptors (Lipinski definition) is 4. The van der Waals surface area contributed by atoms with Crippen molar-refractivity contribution in [3.05, 3.63) is 83.4 Å². The number of aromatic nitrogens is 3. The zero-order chi connectivity index (χ0) is 21.1. The minimum Gasteiger partial charge on any atom is -0.350 e. The Morgan fingerprint density at radius 3 is 2.57 bits per heavy atom. The summed E-state index contributed by atoms with van der Waals surface area (Å²) < 4.78 is 20.5. The Labute approximate surface area is 173 Å². The molecule has 0 aliphatic carbocycles. The van der Waals surface area contributed by atoms with E-state index in [0.717, 1.165) is 22.5 Å². The van der Waals surface area contributed by atoms with E-state index in [1.54, 1.807) is 12.1 Å². The number of hydrogen-bond donors (Lipinski definition) is 1. The molecule has 7 heteroatoms. The SMILES string of the molecule is Cc1cc(-c2nc(-c3ccc(F)cc3)no2)c(C)n1CC(=O)NCc1ccccc1. The highest BCUT2D eigenvalue weighted by molar-refractivity contribution is 5.76. The number of nitrogens with zero attached hydrogens (tertiary/aromatic N) is 3. The Hall–Kier alpha value is -3.74. The Morgan fingerprint density at radius 2 is 1.83 bits per heavy atom. The van der Waals surface area contributed by atoms with Crippen molar-refractivity contribution in [3.63, 3.8) is 0 Å². The van der Waals surface area contributed by atoms with Crippen molar-refractivity contribution < 1.29 is 13.7 Å². The zero-order valence-corrected chi connectivity index (χ0v) is 16.7. The van der Waals surface area contributed by atoms with Crippen molar-refractivity contribution in [2.75, 3.05) is 0 Å². The molecule has 2 aromatic heterocycles. The first-order chi connectivity index (χ1) is 14.5. The smallest absolute Gasteiger partial charge is 0.260 e. The highest BCUT2D eigenvalue weighted by Gasteiger charge is 2.18. The van der Waals surface area contributed by atoms with Gasteiger partial charge in [-0.2, -0.15) is 4.98 Å². The first-order valence-electron chi connectivity index (χ1n) is 9.58. The molecule has 1 N–H and O–H groups in total. The van der Waals surface area contributed by atoms with Crippen LogP contribution < -0.4 is 5.32 Å². The molecule has 0 fully saturated rings. The Kier molecular flexibility index (Phi) is 5.43. The van der Waals surface area contributed by atoms with Crippen LogP contribution in [0.5, 0.6) is 0 Å². The molecule has 0 atom stereocenters. The van der Waals surface area contributed by atoms with Crippen LogP contribution >= 0.6 is 0 Å². The molecule has 4 aromatic rings. The monoisotopic (exact) mass is 404 g/mol. The predicted molar refractivity (Wildman–Crippen MR) is 111 cm³/mol. The highest BCUT2D eigenvalue weighted by atomic mass is 19.1. The largest absolute Gasteiger partial charge is 0.350 e. The zero-order valence-electron chi connectivity index (χ0n) is 16.7. The molecule has 0 unspecified atom stereocenters. The number of halogens is 1. The van der Waals surface area contributed by atoms with Crippen LogP contribution in [-0.2, 0) is 17.9 Å². The number of benzene rings is 2. The van der Waals surface area contributed by atoms with Crippen LogP contribution in [-0.4, -0.2) is 20.6 Å². The van der Waals surface area contributed by atoms with Gasteiger partial charge in [-0.05, 0) is 49.7 Å². The van der Waals surface area contributed by atoms with Crippen molar-refractivity contribution in [1.82, 2.24) is 20.0 Å².